The van der Waals surface area contributed by atoms with Crippen LogP contribution in [0.5, 0.6) is 0 Å². The molecule has 0 spiro atoms. The standard InChI is InChI=1S/C15H21N3O2S/c1-2-12(7-10-3-4-10)18-21(19,20)15-9-17-14-8-11(16)5-6-13(14)15/h5-6,8-10,12,17-18H,2-4,7,16H2,1H3. The first-order chi connectivity index (χ1) is 9.99. The fraction of sp³-hybridized carbons (Fsp3) is 0.467. The van der Waals surface area contributed by atoms with Crippen LogP contribution >= 0.6 is 0 Å². The number of benzene rings is 1. The van der Waals surface area contributed by atoms with Gasteiger partial charge >= 0.3 is 0 Å². The maximum atomic E-state index is 12.6. The quantitative estimate of drug-likeness (QED) is 0.717. The Labute approximate surface area is 125 Å². The molecule has 0 saturated heterocycles. The van der Waals surface area contributed by atoms with Crippen molar-refractivity contribution >= 4 is 26.6 Å². The first-order valence-corrected chi connectivity index (χ1v) is 8.87. The van der Waals surface area contributed by atoms with Gasteiger partial charge in [-0.1, -0.05) is 19.8 Å². The molecule has 1 saturated carbocycles. The third-order valence-electron chi connectivity index (χ3n) is 4.09. The Balaban J connectivity index is 1.88. The van der Waals surface area contributed by atoms with Crippen LogP contribution in [0.15, 0.2) is 29.3 Å². The highest BCUT2D eigenvalue weighted by Gasteiger charge is 2.28. The molecule has 3 rings (SSSR count). The van der Waals surface area contributed by atoms with Crippen LogP contribution in [0, 0.1) is 5.92 Å². The molecule has 0 radical (unpaired) electrons. The Bertz CT molecular complexity index is 747. The highest BCUT2D eigenvalue weighted by molar-refractivity contribution is 7.89. The van der Waals surface area contributed by atoms with Gasteiger partial charge in [0.2, 0.25) is 10.0 Å². The van der Waals surface area contributed by atoms with Gasteiger partial charge in [-0.25, -0.2) is 13.1 Å². The fourth-order valence-corrected chi connectivity index (χ4v) is 4.19. The molecule has 0 aliphatic heterocycles. The summed E-state index contributed by atoms with van der Waals surface area (Å²) in [6, 6.07) is 5.23. The zero-order valence-electron chi connectivity index (χ0n) is 12.1. The Hall–Kier alpha value is -1.53. The van der Waals surface area contributed by atoms with Gasteiger partial charge in [0, 0.05) is 28.8 Å². The second kappa shape index (κ2) is 5.35. The van der Waals surface area contributed by atoms with Crippen LogP contribution in [-0.4, -0.2) is 19.4 Å². The van der Waals surface area contributed by atoms with E-state index in [2.05, 4.69) is 9.71 Å². The topological polar surface area (TPSA) is 88.0 Å². The number of aromatic amines is 1. The maximum absolute atomic E-state index is 12.6. The van der Waals surface area contributed by atoms with E-state index in [1.165, 1.54) is 19.0 Å². The lowest BCUT2D eigenvalue weighted by Gasteiger charge is -2.16. The molecule has 21 heavy (non-hydrogen) atoms. The van der Waals surface area contributed by atoms with Crippen LogP contribution in [0.3, 0.4) is 0 Å². The van der Waals surface area contributed by atoms with Crippen LogP contribution < -0.4 is 10.5 Å². The summed E-state index contributed by atoms with van der Waals surface area (Å²) >= 11 is 0. The van der Waals surface area contributed by atoms with Crippen LogP contribution in [-0.2, 0) is 10.0 Å². The summed E-state index contributed by atoms with van der Waals surface area (Å²) in [5, 5.41) is 0.679. The zero-order chi connectivity index (χ0) is 15.0. The van der Waals surface area contributed by atoms with E-state index < -0.39 is 10.0 Å². The number of aromatic nitrogens is 1. The number of hydrogen-bond acceptors (Lipinski definition) is 3. The molecule has 1 unspecified atom stereocenters. The molecule has 5 nitrogen and oxygen atoms in total. The molecular formula is C15H21N3O2S. The van der Waals surface area contributed by atoms with Gasteiger partial charge in [-0.2, -0.15) is 0 Å². The van der Waals surface area contributed by atoms with E-state index in [4.69, 9.17) is 5.73 Å². The van der Waals surface area contributed by atoms with Gasteiger partial charge in [0.15, 0.2) is 0 Å². The molecule has 4 N–H and O–H groups in total. The molecule has 0 bridgehead atoms. The molecule has 1 fully saturated rings. The monoisotopic (exact) mass is 307 g/mol. The molecular weight excluding hydrogens is 286 g/mol. The van der Waals surface area contributed by atoms with E-state index in [0.717, 1.165) is 18.4 Å². The number of sulfonamides is 1. The van der Waals surface area contributed by atoms with Crippen LogP contribution in [0.25, 0.3) is 10.9 Å². The third-order valence-corrected chi connectivity index (χ3v) is 5.65. The molecule has 114 valence electrons. The van der Waals surface area contributed by atoms with Crippen molar-refractivity contribution in [1.82, 2.24) is 9.71 Å². The molecule has 1 aromatic carbocycles. The average Bonchev–Trinajstić information content (AvgIpc) is 3.14. The summed E-state index contributed by atoms with van der Waals surface area (Å²) in [4.78, 5) is 3.28. The van der Waals surface area contributed by atoms with Gasteiger partial charge < -0.3 is 10.7 Å². The number of nitrogen functional groups attached to an aromatic ring is 1. The highest BCUT2D eigenvalue weighted by atomic mass is 32.2. The predicted molar refractivity (Wildman–Crippen MR) is 84.5 cm³/mol. The lowest BCUT2D eigenvalue weighted by Crippen LogP contribution is -2.34. The molecule has 2 aromatic rings. The first kappa shape index (κ1) is 14.4. The zero-order valence-corrected chi connectivity index (χ0v) is 12.9. The van der Waals surface area contributed by atoms with Gasteiger partial charge in [-0.15, -0.1) is 0 Å². The number of nitrogens with one attached hydrogen (secondary N) is 2. The lowest BCUT2D eigenvalue weighted by atomic mass is 10.1. The van der Waals surface area contributed by atoms with Gasteiger partial charge in [0.05, 0.1) is 0 Å². The van der Waals surface area contributed by atoms with E-state index in [0.29, 0.717) is 21.9 Å². The van der Waals surface area contributed by atoms with Gasteiger partial charge in [0.25, 0.3) is 0 Å². The molecule has 0 amide bonds. The summed E-state index contributed by atoms with van der Waals surface area (Å²) in [7, 11) is -3.51. The number of hydrogen-bond donors (Lipinski definition) is 3. The Kier molecular flexibility index (Phi) is 3.67. The highest BCUT2D eigenvalue weighted by Crippen LogP contribution is 2.34. The summed E-state index contributed by atoms with van der Waals surface area (Å²) in [6.45, 7) is 2.02. The van der Waals surface area contributed by atoms with Crippen LogP contribution in [0.1, 0.15) is 32.6 Å². The van der Waals surface area contributed by atoms with Crippen molar-refractivity contribution < 1.29 is 8.42 Å². The van der Waals surface area contributed by atoms with Crippen molar-refractivity contribution in [2.45, 2.75) is 43.5 Å². The number of rotatable bonds is 6. The average molecular weight is 307 g/mol. The normalized spacial score (nSPS) is 17.2. The lowest BCUT2D eigenvalue weighted by molar-refractivity contribution is 0.495. The van der Waals surface area contributed by atoms with E-state index in [1.807, 2.05) is 6.92 Å². The molecule has 6 heteroatoms. The molecule has 1 aliphatic rings. The Morgan fingerprint density at radius 1 is 1.43 bits per heavy atom. The van der Waals surface area contributed by atoms with Crippen molar-refractivity contribution in [2.75, 3.05) is 5.73 Å². The Morgan fingerprint density at radius 2 is 2.19 bits per heavy atom. The number of H-pyrrole nitrogens is 1. The SMILES string of the molecule is CCC(CC1CC1)NS(=O)(=O)c1c[nH]c2cc(N)ccc12. The number of anilines is 1. The molecule has 1 heterocycles. The van der Waals surface area contributed by atoms with Gasteiger partial charge in [-0.05, 0) is 37.0 Å². The summed E-state index contributed by atoms with van der Waals surface area (Å²) in [5.74, 6) is 0.695. The minimum atomic E-state index is -3.51. The van der Waals surface area contributed by atoms with Crippen LogP contribution in [0.4, 0.5) is 5.69 Å². The largest absolute Gasteiger partial charge is 0.399 e. The van der Waals surface area contributed by atoms with Gasteiger partial charge in [0.1, 0.15) is 4.90 Å². The third kappa shape index (κ3) is 3.06. The molecule has 1 aliphatic carbocycles. The summed E-state index contributed by atoms with van der Waals surface area (Å²) in [6.07, 6.45) is 5.74. The second-order valence-corrected chi connectivity index (χ2v) is 7.55. The molecule has 1 aromatic heterocycles. The number of nitrogens with two attached hydrogens (primary N) is 1. The van der Waals surface area contributed by atoms with Crippen LogP contribution in [0.2, 0.25) is 0 Å². The summed E-state index contributed by atoms with van der Waals surface area (Å²) in [5.41, 5.74) is 7.07. The van der Waals surface area contributed by atoms with E-state index in [-0.39, 0.29) is 6.04 Å². The predicted octanol–water partition coefficient (Wildman–Crippen LogP) is 2.61. The minimum Gasteiger partial charge on any atom is -0.399 e. The summed E-state index contributed by atoms with van der Waals surface area (Å²) < 4.78 is 28.0. The van der Waals surface area contributed by atoms with E-state index >= 15 is 0 Å². The van der Waals surface area contributed by atoms with E-state index in [1.54, 1.807) is 18.2 Å². The van der Waals surface area contributed by atoms with Crippen molar-refractivity contribution in [3.05, 3.63) is 24.4 Å². The van der Waals surface area contributed by atoms with Crippen molar-refractivity contribution in [2.24, 2.45) is 5.92 Å². The minimum absolute atomic E-state index is 0.0150. The van der Waals surface area contributed by atoms with Crippen molar-refractivity contribution in [3.63, 3.8) is 0 Å². The number of fused-ring (bicyclic) bond motifs is 1. The second-order valence-electron chi connectivity index (χ2n) is 5.86. The van der Waals surface area contributed by atoms with E-state index in [9.17, 15) is 8.42 Å². The van der Waals surface area contributed by atoms with Crippen molar-refractivity contribution in [1.29, 1.82) is 0 Å². The van der Waals surface area contributed by atoms with Crippen molar-refractivity contribution in [3.8, 4) is 0 Å². The smallest absolute Gasteiger partial charge is 0.242 e. The maximum Gasteiger partial charge on any atom is 0.242 e. The van der Waals surface area contributed by atoms with Gasteiger partial charge in [-0.3, -0.25) is 0 Å². The molecule has 1 atom stereocenters. The Morgan fingerprint density at radius 3 is 2.86 bits per heavy atom. The fourth-order valence-electron chi connectivity index (χ4n) is 2.68. The first-order valence-electron chi connectivity index (χ1n) is 7.38.